The van der Waals surface area contributed by atoms with Gasteiger partial charge in [0.1, 0.15) is 17.1 Å². The summed E-state index contributed by atoms with van der Waals surface area (Å²) in [4.78, 5) is 14.9. The fourth-order valence-corrected chi connectivity index (χ4v) is 4.30. The number of benzene rings is 2. The molecule has 3 aromatic rings. The molecule has 0 unspecified atom stereocenters. The van der Waals surface area contributed by atoms with E-state index in [1.807, 2.05) is 0 Å². The van der Waals surface area contributed by atoms with Crippen LogP contribution >= 0.6 is 0 Å². The van der Waals surface area contributed by atoms with Gasteiger partial charge in [-0.15, -0.1) is 6.04 Å². The van der Waals surface area contributed by atoms with Gasteiger partial charge in [0.15, 0.2) is 0 Å². The average Bonchev–Trinajstić information content (AvgIpc) is 2.85. The van der Waals surface area contributed by atoms with E-state index >= 15 is 0 Å². The molecule has 4 rings (SSSR count). The van der Waals surface area contributed by atoms with Crippen LogP contribution < -0.4 is 4.72 Å². The maximum absolute atomic E-state index is 12.3. The first-order chi connectivity index (χ1) is 16.7. The van der Waals surface area contributed by atoms with Crippen molar-refractivity contribution in [2.45, 2.75) is 43.0 Å². The molecule has 37 heavy (non-hydrogen) atoms. The second kappa shape index (κ2) is 15.2. The molecule has 1 aromatic heterocycles. The van der Waals surface area contributed by atoms with Crippen LogP contribution in [0.25, 0.3) is 11.9 Å². The molecule has 1 heterocycles. The summed E-state index contributed by atoms with van der Waals surface area (Å²) in [6, 6.07) is 14.6. The number of pyridine rings is 1. The number of aromatic carboxylic acids is 1. The topological polar surface area (TPSA) is 199 Å². The SMILES string of the molecule is O=C(O)c1cc(N=Nc2ccc(S(=O)(=O)Nc3ccccn3)cc2)ccc1O.[NH-]C1CCCCC1.[NH2-].[Pt+2]. The van der Waals surface area contributed by atoms with Crippen molar-refractivity contribution in [2.75, 3.05) is 4.72 Å². The number of aromatic nitrogens is 1. The van der Waals surface area contributed by atoms with Crippen molar-refractivity contribution in [3.63, 3.8) is 0 Å². The molecular weight excluding hydrogens is 679 g/mol. The molecule has 0 spiro atoms. The summed E-state index contributed by atoms with van der Waals surface area (Å²) in [6.45, 7) is 0. The molecule has 1 saturated carbocycles. The number of hydrogen-bond acceptors (Lipinski definition) is 7. The average molecular weight is 708 g/mol. The Morgan fingerprint density at radius 2 is 1.59 bits per heavy atom. The van der Waals surface area contributed by atoms with Gasteiger partial charge in [0.25, 0.3) is 10.0 Å². The summed E-state index contributed by atoms with van der Waals surface area (Å²) >= 11 is 0. The van der Waals surface area contributed by atoms with Crippen molar-refractivity contribution < 1.29 is 44.5 Å². The van der Waals surface area contributed by atoms with Crippen LogP contribution in [0.15, 0.2) is 82.0 Å². The van der Waals surface area contributed by atoms with Gasteiger partial charge in [-0.05, 0) is 54.6 Å². The predicted octanol–water partition coefficient (Wildman–Crippen LogP) is 6.79. The third kappa shape index (κ3) is 10.0. The first-order valence-electron chi connectivity index (χ1n) is 11.0. The zero-order valence-electron chi connectivity index (χ0n) is 19.7. The fourth-order valence-electron chi connectivity index (χ4n) is 3.29. The molecule has 2 aromatic carbocycles. The van der Waals surface area contributed by atoms with Crippen LogP contribution in [0.2, 0.25) is 0 Å². The van der Waals surface area contributed by atoms with Gasteiger partial charge in [-0.25, -0.2) is 18.2 Å². The number of aromatic hydroxyl groups is 1. The van der Waals surface area contributed by atoms with E-state index in [1.54, 1.807) is 12.1 Å². The molecule has 1 aliphatic carbocycles. The monoisotopic (exact) mass is 707 g/mol. The van der Waals surface area contributed by atoms with Crippen LogP contribution in [0, 0.1) is 0 Å². The number of nitrogens with zero attached hydrogens (tertiary/aromatic N) is 3. The smallest absolute Gasteiger partial charge is 0.693 e. The molecule has 13 heteroatoms. The number of sulfonamides is 1. The van der Waals surface area contributed by atoms with Crippen LogP contribution in [0.5, 0.6) is 5.75 Å². The van der Waals surface area contributed by atoms with E-state index in [2.05, 4.69) is 19.9 Å². The number of carboxylic acid groups (broad SMARTS) is 1. The summed E-state index contributed by atoms with van der Waals surface area (Å²) in [5.74, 6) is -1.46. The minimum atomic E-state index is -3.79. The Hall–Kier alpha value is -3.18. The van der Waals surface area contributed by atoms with Gasteiger partial charge in [0.2, 0.25) is 0 Å². The number of nitrogens with two attached hydrogens (primary N) is 1. The first-order valence-corrected chi connectivity index (χ1v) is 12.5. The van der Waals surface area contributed by atoms with Crippen molar-refractivity contribution in [3.8, 4) is 5.75 Å². The Morgan fingerprint density at radius 3 is 2.14 bits per heavy atom. The summed E-state index contributed by atoms with van der Waals surface area (Å²) in [5, 5.41) is 26.3. The van der Waals surface area contributed by atoms with Crippen LogP contribution in [0.3, 0.4) is 0 Å². The van der Waals surface area contributed by atoms with Crippen molar-refractivity contribution in [1.29, 1.82) is 0 Å². The second-order valence-corrected chi connectivity index (χ2v) is 9.54. The standard InChI is InChI=1S/C18H14N4O5S.C6H12N.H2N.Pt/c23-16-9-6-13(11-15(16)18(24)25)21-20-12-4-7-14(8-5-12)28(26,27)22-17-3-1-2-10-19-17;7-6-4-2-1-3-5-6;;/h1-11,23H,(H,19,22)(H,24,25);6-7H,1-5H2;1H2;/q;2*-1;+2. The first kappa shape index (κ1) is 31.8. The second-order valence-electron chi connectivity index (χ2n) is 7.86. The van der Waals surface area contributed by atoms with Gasteiger partial charge >= 0.3 is 27.0 Å². The van der Waals surface area contributed by atoms with E-state index in [0.717, 1.165) is 12.8 Å². The Kier molecular flexibility index (Phi) is 13.0. The number of nitrogens with one attached hydrogen (secondary N) is 2. The summed E-state index contributed by atoms with van der Waals surface area (Å²) in [7, 11) is -3.79. The van der Waals surface area contributed by atoms with Crippen molar-refractivity contribution in [2.24, 2.45) is 10.2 Å². The van der Waals surface area contributed by atoms with E-state index < -0.39 is 16.0 Å². The molecule has 0 amide bonds. The maximum atomic E-state index is 12.3. The minimum Gasteiger partial charge on any atom is -0.693 e. The van der Waals surface area contributed by atoms with E-state index in [-0.39, 0.29) is 61.0 Å². The Balaban J connectivity index is 0.000000660. The molecule has 0 saturated heterocycles. The number of hydrogen-bond donors (Lipinski definition) is 3. The third-order valence-corrected chi connectivity index (χ3v) is 6.52. The Bertz CT molecular complexity index is 1270. The Morgan fingerprint density at radius 1 is 0.973 bits per heavy atom. The van der Waals surface area contributed by atoms with Crippen LogP contribution in [0.1, 0.15) is 42.5 Å². The fraction of sp³-hybridized carbons (Fsp3) is 0.250. The van der Waals surface area contributed by atoms with Crippen LogP contribution in [-0.2, 0) is 31.1 Å². The van der Waals surface area contributed by atoms with E-state index in [0.29, 0.717) is 5.69 Å². The van der Waals surface area contributed by atoms with E-state index in [4.69, 9.17) is 10.8 Å². The van der Waals surface area contributed by atoms with Gasteiger partial charge < -0.3 is 22.1 Å². The number of rotatable bonds is 6. The molecule has 200 valence electrons. The zero-order valence-corrected chi connectivity index (χ0v) is 22.8. The number of azo groups is 1. The zero-order chi connectivity index (χ0) is 25.3. The molecule has 0 aliphatic heterocycles. The normalized spacial score (nSPS) is 13.4. The number of carbonyl (C=O) groups is 1. The van der Waals surface area contributed by atoms with E-state index in [1.165, 1.54) is 74.0 Å². The quantitative estimate of drug-likeness (QED) is 0.236. The number of phenols is 1. The van der Waals surface area contributed by atoms with Gasteiger partial charge in [0.05, 0.1) is 16.3 Å². The largest absolute Gasteiger partial charge is 2.00 e. The summed E-state index contributed by atoms with van der Waals surface area (Å²) in [5.41, 5.74) is 7.57. The van der Waals surface area contributed by atoms with Crippen LogP contribution in [-0.4, -0.2) is 35.6 Å². The molecule has 0 atom stereocenters. The predicted molar refractivity (Wildman–Crippen MR) is 137 cm³/mol. The molecular formula is C24H28N6O5PtS. The Labute approximate surface area is 230 Å². The number of anilines is 1. The molecule has 0 radical (unpaired) electrons. The number of carboxylic acids is 1. The van der Waals surface area contributed by atoms with Gasteiger partial charge in [0, 0.05) is 6.20 Å². The van der Waals surface area contributed by atoms with Crippen molar-refractivity contribution in [1.82, 2.24) is 4.98 Å². The van der Waals surface area contributed by atoms with Gasteiger partial charge in [-0.3, -0.25) is 4.72 Å². The van der Waals surface area contributed by atoms with Crippen molar-refractivity contribution >= 4 is 33.2 Å². The van der Waals surface area contributed by atoms with E-state index in [9.17, 15) is 18.3 Å². The van der Waals surface area contributed by atoms with Gasteiger partial charge in [-0.1, -0.05) is 38.2 Å². The molecule has 6 N–H and O–H groups in total. The summed E-state index contributed by atoms with van der Waals surface area (Å²) < 4.78 is 27.0. The molecule has 0 bridgehead atoms. The molecule has 11 nitrogen and oxygen atoms in total. The summed E-state index contributed by atoms with van der Waals surface area (Å²) in [6.07, 6.45) is 7.75. The molecule has 1 fully saturated rings. The molecule has 1 aliphatic rings. The van der Waals surface area contributed by atoms with Crippen LogP contribution in [0.4, 0.5) is 17.2 Å². The van der Waals surface area contributed by atoms with Gasteiger partial charge in [-0.2, -0.15) is 10.2 Å². The third-order valence-electron chi connectivity index (χ3n) is 5.15. The van der Waals surface area contributed by atoms with Crippen molar-refractivity contribution in [3.05, 3.63) is 84.3 Å². The maximum Gasteiger partial charge on any atom is 2.00 e. The minimum absolute atomic E-state index is 0.